The monoisotopic (exact) mass is 397 g/mol. The molecule has 1 aliphatic heterocycles. The van der Waals surface area contributed by atoms with Crippen molar-refractivity contribution >= 4 is 23.5 Å². The molecule has 1 aromatic carbocycles. The molecule has 0 aliphatic carbocycles. The van der Waals surface area contributed by atoms with Crippen molar-refractivity contribution in [3.8, 4) is 0 Å². The molecule has 0 aromatic heterocycles. The Hall–Kier alpha value is -1.86. The molecule has 1 amide bonds. The first-order valence-electron chi connectivity index (χ1n) is 9.31. The number of benzene rings is 1. The molecule has 150 valence electrons. The average Bonchev–Trinajstić information content (AvgIpc) is 2.65. The van der Waals surface area contributed by atoms with Crippen molar-refractivity contribution in [1.29, 1.82) is 0 Å². The molecule has 0 bridgehead atoms. The summed E-state index contributed by atoms with van der Waals surface area (Å²) in [6, 6.07) is 4.79. The molecule has 27 heavy (non-hydrogen) atoms. The summed E-state index contributed by atoms with van der Waals surface area (Å²) >= 11 is 6.13. The van der Waals surface area contributed by atoms with Crippen molar-refractivity contribution < 1.29 is 9.18 Å². The van der Waals surface area contributed by atoms with Crippen molar-refractivity contribution in [1.82, 2.24) is 20.4 Å². The van der Waals surface area contributed by atoms with Gasteiger partial charge in [-0.3, -0.25) is 14.7 Å². The fourth-order valence-electron chi connectivity index (χ4n) is 2.92. The van der Waals surface area contributed by atoms with Crippen LogP contribution in [0.3, 0.4) is 0 Å². The zero-order valence-electron chi connectivity index (χ0n) is 16.3. The molecule has 1 fully saturated rings. The summed E-state index contributed by atoms with van der Waals surface area (Å²) in [7, 11) is 1.75. The second kappa shape index (κ2) is 10.5. The third-order valence-corrected chi connectivity index (χ3v) is 4.91. The number of hydrogen-bond donors (Lipinski definition) is 2. The van der Waals surface area contributed by atoms with Crippen LogP contribution < -0.4 is 10.6 Å². The molecule has 6 nitrogen and oxygen atoms in total. The minimum atomic E-state index is -0.258. The molecule has 0 atom stereocenters. The van der Waals surface area contributed by atoms with Crippen molar-refractivity contribution in [3.63, 3.8) is 0 Å². The zero-order valence-corrected chi connectivity index (χ0v) is 17.0. The Kier molecular flexibility index (Phi) is 8.31. The fourth-order valence-corrected chi connectivity index (χ4v) is 3.14. The van der Waals surface area contributed by atoms with Crippen LogP contribution in [-0.4, -0.2) is 68.0 Å². The first-order valence-corrected chi connectivity index (χ1v) is 9.68. The number of nitrogens with one attached hydrogen (secondary N) is 2. The van der Waals surface area contributed by atoms with Crippen LogP contribution in [0.4, 0.5) is 4.39 Å². The maximum absolute atomic E-state index is 14.0. The number of carbonyl (C=O) groups is 1. The van der Waals surface area contributed by atoms with Gasteiger partial charge in [0.25, 0.3) is 0 Å². The largest absolute Gasteiger partial charge is 0.354 e. The molecule has 8 heteroatoms. The van der Waals surface area contributed by atoms with E-state index >= 15 is 0 Å². The molecule has 0 saturated carbocycles. The van der Waals surface area contributed by atoms with Gasteiger partial charge in [0.1, 0.15) is 5.82 Å². The third kappa shape index (κ3) is 6.36. The van der Waals surface area contributed by atoms with Crippen molar-refractivity contribution in [3.05, 3.63) is 34.6 Å². The molecule has 1 heterocycles. The Morgan fingerprint density at radius 3 is 2.48 bits per heavy atom. The van der Waals surface area contributed by atoms with E-state index in [1.54, 1.807) is 19.2 Å². The molecular weight excluding hydrogens is 369 g/mol. The highest BCUT2D eigenvalue weighted by Crippen LogP contribution is 2.21. The van der Waals surface area contributed by atoms with Crippen LogP contribution in [0.2, 0.25) is 5.02 Å². The van der Waals surface area contributed by atoms with Crippen molar-refractivity contribution in [2.75, 3.05) is 46.3 Å². The van der Waals surface area contributed by atoms with E-state index in [4.69, 9.17) is 11.6 Å². The average molecular weight is 398 g/mol. The van der Waals surface area contributed by atoms with Crippen LogP contribution >= 0.6 is 11.6 Å². The van der Waals surface area contributed by atoms with Gasteiger partial charge >= 0.3 is 0 Å². The van der Waals surface area contributed by atoms with Crippen molar-refractivity contribution in [2.24, 2.45) is 10.9 Å². The van der Waals surface area contributed by atoms with E-state index in [0.29, 0.717) is 30.2 Å². The summed E-state index contributed by atoms with van der Waals surface area (Å²) in [5, 5.41) is 6.63. The first-order chi connectivity index (χ1) is 12.9. The van der Waals surface area contributed by atoms with E-state index in [2.05, 4.69) is 25.4 Å². The number of rotatable bonds is 6. The number of nitrogens with zero attached hydrogens (tertiary/aromatic N) is 3. The highest BCUT2D eigenvalue weighted by atomic mass is 35.5. The van der Waals surface area contributed by atoms with Gasteiger partial charge in [-0.1, -0.05) is 31.5 Å². The van der Waals surface area contributed by atoms with Gasteiger partial charge in [0.05, 0.1) is 0 Å². The number of amides is 1. The number of hydrogen-bond acceptors (Lipinski definition) is 3. The van der Waals surface area contributed by atoms with Crippen LogP contribution in [0.15, 0.2) is 23.2 Å². The Morgan fingerprint density at radius 1 is 1.22 bits per heavy atom. The highest BCUT2D eigenvalue weighted by Gasteiger charge is 2.21. The van der Waals surface area contributed by atoms with Gasteiger partial charge in [0.15, 0.2) is 5.96 Å². The van der Waals surface area contributed by atoms with E-state index in [9.17, 15) is 9.18 Å². The van der Waals surface area contributed by atoms with Gasteiger partial charge in [-0.25, -0.2) is 4.39 Å². The van der Waals surface area contributed by atoms with Crippen LogP contribution in [0.1, 0.15) is 19.4 Å². The minimum Gasteiger partial charge on any atom is -0.354 e. The molecular formula is C19H29ClFN5O. The molecule has 0 spiro atoms. The lowest BCUT2D eigenvalue weighted by Gasteiger charge is -2.36. The predicted molar refractivity (Wildman–Crippen MR) is 107 cm³/mol. The van der Waals surface area contributed by atoms with Gasteiger partial charge in [-0.2, -0.15) is 0 Å². The maximum Gasteiger partial charge on any atom is 0.222 e. The summed E-state index contributed by atoms with van der Waals surface area (Å²) < 4.78 is 14.0. The van der Waals surface area contributed by atoms with Gasteiger partial charge in [0.2, 0.25) is 5.91 Å². The standard InChI is InChI=1S/C19H29ClFN5O/c1-14(2)18(27)23-7-8-24-19(22-3)26-11-9-25(10-12-26)13-15-16(20)5-4-6-17(15)21/h4-6,14H,7-13H2,1-3H3,(H,22,24)(H,23,27). The molecule has 1 saturated heterocycles. The number of aliphatic imine (C=N–C) groups is 1. The molecule has 0 radical (unpaired) electrons. The van der Waals surface area contributed by atoms with Crippen LogP contribution in [0.5, 0.6) is 0 Å². The van der Waals surface area contributed by atoms with Gasteiger partial charge in [-0.05, 0) is 12.1 Å². The quantitative estimate of drug-likeness (QED) is 0.437. The highest BCUT2D eigenvalue weighted by molar-refractivity contribution is 6.31. The Labute approximate surface area is 165 Å². The number of carbonyl (C=O) groups excluding carboxylic acids is 1. The van der Waals surface area contributed by atoms with Crippen molar-refractivity contribution in [2.45, 2.75) is 20.4 Å². The molecule has 1 aliphatic rings. The maximum atomic E-state index is 14.0. The normalized spacial score (nSPS) is 15.9. The van der Waals surface area contributed by atoms with Gasteiger partial charge in [0, 0.05) is 69.4 Å². The zero-order chi connectivity index (χ0) is 19.8. The predicted octanol–water partition coefficient (Wildman–Crippen LogP) is 1.94. The molecule has 0 unspecified atom stereocenters. The van der Waals surface area contributed by atoms with E-state index in [1.807, 2.05) is 13.8 Å². The lowest BCUT2D eigenvalue weighted by molar-refractivity contribution is -0.123. The van der Waals surface area contributed by atoms with E-state index in [-0.39, 0.29) is 17.6 Å². The van der Waals surface area contributed by atoms with Crippen LogP contribution in [-0.2, 0) is 11.3 Å². The van der Waals surface area contributed by atoms with Gasteiger partial charge in [-0.15, -0.1) is 0 Å². The summed E-state index contributed by atoms with van der Waals surface area (Å²) in [5.74, 6) is 0.593. The van der Waals surface area contributed by atoms with Crippen LogP contribution in [0.25, 0.3) is 0 Å². The summed E-state index contributed by atoms with van der Waals surface area (Å²) in [6.07, 6.45) is 0. The summed E-state index contributed by atoms with van der Waals surface area (Å²) in [4.78, 5) is 20.3. The number of piperazine rings is 1. The Morgan fingerprint density at radius 2 is 1.89 bits per heavy atom. The second-order valence-electron chi connectivity index (χ2n) is 6.88. The van der Waals surface area contributed by atoms with Gasteiger partial charge < -0.3 is 15.5 Å². The first kappa shape index (κ1) is 21.4. The van der Waals surface area contributed by atoms with E-state index in [0.717, 1.165) is 32.1 Å². The van der Waals surface area contributed by atoms with Crippen LogP contribution in [0, 0.1) is 11.7 Å². The fraction of sp³-hybridized carbons (Fsp3) is 0.579. The molecule has 2 rings (SSSR count). The summed E-state index contributed by atoms with van der Waals surface area (Å²) in [6.45, 7) is 8.62. The smallest absolute Gasteiger partial charge is 0.222 e. The third-order valence-electron chi connectivity index (χ3n) is 4.56. The number of halogens is 2. The molecule has 1 aromatic rings. The second-order valence-corrected chi connectivity index (χ2v) is 7.29. The summed E-state index contributed by atoms with van der Waals surface area (Å²) in [5.41, 5.74) is 0.552. The SMILES string of the molecule is CN=C(NCCNC(=O)C(C)C)N1CCN(Cc2c(F)cccc2Cl)CC1. The topological polar surface area (TPSA) is 60.0 Å². The Bertz CT molecular complexity index is 639. The van der Waals surface area contributed by atoms with E-state index < -0.39 is 0 Å². The lowest BCUT2D eigenvalue weighted by atomic mass is 10.2. The Balaban J connectivity index is 1.77. The lowest BCUT2D eigenvalue weighted by Crippen LogP contribution is -2.53. The number of guanidine groups is 1. The van der Waals surface area contributed by atoms with E-state index in [1.165, 1.54) is 6.07 Å². The minimum absolute atomic E-state index is 0.0136. The molecule has 2 N–H and O–H groups in total.